The highest BCUT2D eigenvalue weighted by Gasteiger charge is 2.18. The summed E-state index contributed by atoms with van der Waals surface area (Å²) < 4.78 is 6.42. The number of hydrogen-bond acceptors (Lipinski definition) is 4. The molecule has 1 aliphatic heterocycles. The van der Waals surface area contributed by atoms with Crippen molar-refractivity contribution in [2.75, 3.05) is 18.6 Å². The van der Waals surface area contributed by atoms with Crippen molar-refractivity contribution in [2.45, 2.75) is 18.8 Å². The summed E-state index contributed by atoms with van der Waals surface area (Å²) in [5, 5.41) is 0. The van der Waals surface area contributed by atoms with Crippen molar-refractivity contribution >= 4 is 29.3 Å². The van der Waals surface area contributed by atoms with E-state index in [1.807, 2.05) is 24.3 Å². The Morgan fingerprint density at radius 2 is 1.76 bits per heavy atom. The van der Waals surface area contributed by atoms with Gasteiger partial charge in [0.2, 0.25) is 0 Å². The molecule has 0 aromatic heterocycles. The van der Waals surface area contributed by atoms with Gasteiger partial charge in [0.05, 0.1) is 7.11 Å². The Hall–Kier alpha value is -1.65. The van der Waals surface area contributed by atoms with Gasteiger partial charge in [-0.2, -0.15) is 0 Å². The van der Waals surface area contributed by atoms with Crippen molar-refractivity contribution in [1.82, 2.24) is 0 Å². The Balaban J connectivity index is 1.77. The summed E-state index contributed by atoms with van der Waals surface area (Å²) in [6.45, 7) is 0. The first-order chi connectivity index (χ1) is 12.2. The number of allylic oxidation sites excluding steroid dienone is 1. The molecule has 1 heterocycles. The maximum absolute atomic E-state index is 12.6. The molecule has 0 N–H and O–H groups in total. The molecule has 1 atom stereocenters. The summed E-state index contributed by atoms with van der Waals surface area (Å²) in [4.78, 5) is 12.6. The van der Waals surface area contributed by atoms with Crippen molar-refractivity contribution in [2.24, 2.45) is 0 Å². The predicted octanol–water partition coefficient (Wildman–Crippen LogP) is 5.30. The van der Waals surface area contributed by atoms with E-state index >= 15 is 0 Å². The Kier molecular flexibility index (Phi) is 6.65. The third-order valence-electron chi connectivity index (χ3n) is 4.21. The highest BCUT2D eigenvalue weighted by atomic mass is 32.2. The first-order valence-corrected chi connectivity index (χ1v) is 10.4. The lowest BCUT2D eigenvalue weighted by Gasteiger charge is -2.17. The largest absolute Gasteiger partial charge is 0.497 e. The van der Waals surface area contributed by atoms with E-state index in [0.717, 1.165) is 27.9 Å². The molecular formula is C21H22O2S2. The Bertz CT molecular complexity index is 715. The van der Waals surface area contributed by atoms with Gasteiger partial charge in [0.15, 0.2) is 5.78 Å². The van der Waals surface area contributed by atoms with E-state index in [0.29, 0.717) is 6.42 Å². The number of rotatable bonds is 7. The number of benzene rings is 2. The standard InChI is InChI=1S/C21H22O2S2/c1-23-20-9-7-17(8-10-20)18(13-16-5-3-2-4-6-16)14-19(22)15-21-24-11-12-25-21/h2-10,15,18H,11-14H2,1H3/t18-/m0/s1. The van der Waals surface area contributed by atoms with Crippen molar-refractivity contribution in [3.8, 4) is 5.75 Å². The lowest BCUT2D eigenvalue weighted by molar-refractivity contribution is -0.115. The van der Waals surface area contributed by atoms with Crippen LogP contribution in [-0.2, 0) is 11.2 Å². The highest BCUT2D eigenvalue weighted by Crippen LogP contribution is 2.36. The van der Waals surface area contributed by atoms with Gasteiger partial charge in [-0.25, -0.2) is 0 Å². The minimum atomic E-state index is 0.175. The van der Waals surface area contributed by atoms with E-state index in [-0.39, 0.29) is 11.7 Å². The van der Waals surface area contributed by atoms with Crippen molar-refractivity contribution in [3.05, 3.63) is 76.0 Å². The molecule has 0 saturated carbocycles. The second-order valence-corrected chi connectivity index (χ2v) is 8.52. The van der Waals surface area contributed by atoms with Crippen LogP contribution in [-0.4, -0.2) is 24.4 Å². The number of carbonyl (C=O) groups is 1. The van der Waals surface area contributed by atoms with Crippen LogP contribution in [0.25, 0.3) is 0 Å². The van der Waals surface area contributed by atoms with Crippen LogP contribution in [0.3, 0.4) is 0 Å². The SMILES string of the molecule is COc1ccc([C@H](CC(=O)C=C2SCCS2)Cc2ccccc2)cc1. The van der Waals surface area contributed by atoms with Gasteiger partial charge < -0.3 is 4.74 Å². The first kappa shape index (κ1) is 18.2. The van der Waals surface area contributed by atoms with Crippen LogP contribution in [0.2, 0.25) is 0 Å². The van der Waals surface area contributed by atoms with Crippen LogP contribution in [0.15, 0.2) is 64.9 Å². The molecule has 1 aliphatic rings. The van der Waals surface area contributed by atoms with Gasteiger partial charge in [-0.3, -0.25) is 4.79 Å². The fourth-order valence-corrected chi connectivity index (χ4v) is 5.26. The average molecular weight is 371 g/mol. The normalized spacial score (nSPS) is 15.0. The van der Waals surface area contributed by atoms with Crippen LogP contribution in [0, 0.1) is 0 Å². The van der Waals surface area contributed by atoms with E-state index in [4.69, 9.17) is 4.74 Å². The average Bonchev–Trinajstić information content (AvgIpc) is 3.15. The molecule has 0 spiro atoms. The zero-order valence-electron chi connectivity index (χ0n) is 14.3. The molecule has 0 radical (unpaired) electrons. The lowest BCUT2D eigenvalue weighted by Crippen LogP contribution is -2.09. The molecule has 25 heavy (non-hydrogen) atoms. The maximum Gasteiger partial charge on any atom is 0.157 e. The van der Waals surface area contributed by atoms with Crippen LogP contribution in [0.4, 0.5) is 0 Å². The molecule has 1 fully saturated rings. The predicted molar refractivity (Wildman–Crippen MR) is 109 cm³/mol. The summed E-state index contributed by atoms with van der Waals surface area (Å²) >= 11 is 3.58. The number of ketones is 1. The Labute approximate surface area is 158 Å². The van der Waals surface area contributed by atoms with Gasteiger partial charge in [0, 0.05) is 28.2 Å². The minimum Gasteiger partial charge on any atom is -0.497 e. The van der Waals surface area contributed by atoms with Gasteiger partial charge in [-0.1, -0.05) is 42.5 Å². The highest BCUT2D eigenvalue weighted by molar-refractivity contribution is 8.25. The molecule has 0 bridgehead atoms. The molecule has 2 aromatic rings. The summed E-state index contributed by atoms with van der Waals surface area (Å²) in [5.74, 6) is 3.45. The number of thioether (sulfide) groups is 2. The molecule has 3 rings (SSSR count). The Morgan fingerprint density at radius 1 is 1.08 bits per heavy atom. The second-order valence-electron chi connectivity index (χ2n) is 5.99. The van der Waals surface area contributed by atoms with Crippen LogP contribution in [0.1, 0.15) is 23.5 Å². The van der Waals surface area contributed by atoms with Crippen molar-refractivity contribution in [3.63, 3.8) is 0 Å². The van der Waals surface area contributed by atoms with Gasteiger partial charge >= 0.3 is 0 Å². The summed E-state index contributed by atoms with van der Waals surface area (Å²) in [7, 11) is 1.67. The van der Waals surface area contributed by atoms with E-state index in [9.17, 15) is 4.79 Å². The summed E-state index contributed by atoms with van der Waals surface area (Å²) in [6, 6.07) is 18.5. The quantitative estimate of drug-likeness (QED) is 0.618. The Morgan fingerprint density at radius 3 is 2.40 bits per heavy atom. The third kappa shape index (κ3) is 5.41. The number of hydrogen-bond donors (Lipinski definition) is 0. The molecule has 2 nitrogen and oxygen atoms in total. The number of carbonyl (C=O) groups excluding carboxylic acids is 1. The zero-order valence-corrected chi connectivity index (χ0v) is 15.9. The molecule has 0 amide bonds. The molecule has 4 heteroatoms. The van der Waals surface area contributed by atoms with E-state index in [1.165, 1.54) is 11.1 Å². The fraction of sp³-hybridized carbons (Fsp3) is 0.286. The number of methoxy groups -OCH3 is 1. The number of ether oxygens (including phenoxy) is 1. The monoisotopic (exact) mass is 370 g/mol. The molecular weight excluding hydrogens is 348 g/mol. The van der Waals surface area contributed by atoms with Gasteiger partial charge in [0.1, 0.15) is 5.75 Å². The van der Waals surface area contributed by atoms with Crippen LogP contribution >= 0.6 is 23.5 Å². The summed E-state index contributed by atoms with van der Waals surface area (Å²) in [5.41, 5.74) is 2.44. The summed E-state index contributed by atoms with van der Waals surface area (Å²) in [6.07, 6.45) is 3.23. The second kappa shape index (κ2) is 9.16. The lowest BCUT2D eigenvalue weighted by atomic mass is 9.88. The topological polar surface area (TPSA) is 26.3 Å². The molecule has 0 unspecified atom stereocenters. The molecule has 1 saturated heterocycles. The molecule has 130 valence electrons. The van der Waals surface area contributed by atoms with Gasteiger partial charge in [-0.15, -0.1) is 23.5 Å². The third-order valence-corrected chi connectivity index (χ3v) is 6.80. The van der Waals surface area contributed by atoms with E-state index in [1.54, 1.807) is 30.6 Å². The van der Waals surface area contributed by atoms with E-state index < -0.39 is 0 Å². The van der Waals surface area contributed by atoms with E-state index in [2.05, 4.69) is 36.4 Å². The first-order valence-electron chi connectivity index (χ1n) is 8.42. The van der Waals surface area contributed by atoms with Gasteiger partial charge in [0.25, 0.3) is 0 Å². The van der Waals surface area contributed by atoms with Crippen molar-refractivity contribution < 1.29 is 9.53 Å². The minimum absolute atomic E-state index is 0.175. The zero-order chi connectivity index (χ0) is 17.5. The maximum atomic E-state index is 12.6. The van der Waals surface area contributed by atoms with Gasteiger partial charge in [-0.05, 0) is 35.6 Å². The fourth-order valence-electron chi connectivity index (χ4n) is 2.93. The molecule has 2 aromatic carbocycles. The van der Waals surface area contributed by atoms with Crippen molar-refractivity contribution in [1.29, 1.82) is 0 Å². The van der Waals surface area contributed by atoms with Crippen LogP contribution < -0.4 is 4.74 Å². The molecule has 0 aliphatic carbocycles. The van der Waals surface area contributed by atoms with Crippen LogP contribution in [0.5, 0.6) is 5.75 Å². The smallest absolute Gasteiger partial charge is 0.157 e.